The van der Waals surface area contributed by atoms with Gasteiger partial charge in [-0.25, -0.2) is 4.98 Å². The number of rotatable bonds is 4. The first-order chi connectivity index (χ1) is 15.0. The molecule has 0 spiro atoms. The SMILES string of the molecule is Cc1nc2sc([C@H](c3ccc(Cl)cc3)N3CCN(c4cccc(Cl)c4)CC3)c(O)n2n1. The quantitative estimate of drug-likeness (QED) is 0.450. The van der Waals surface area contributed by atoms with Crippen LogP contribution in [0.2, 0.25) is 10.0 Å². The fraction of sp³-hybridized carbons (Fsp3) is 0.273. The van der Waals surface area contributed by atoms with E-state index in [1.54, 1.807) is 0 Å². The summed E-state index contributed by atoms with van der Waals surface area (Å²) in [6, 6.07) is 15.7. The van der Waals surface area contributed by atoms with Gasteiger partial charge in [-0.05, 0) is 42.8 Å². The van der Waals surface area contributed by atoms with Crippen LogP contribution < -0.4 is 4.90 Å². The van der Waals surface area contributed by atoms with Crippen molar-refractivity contribution in [1.29, 1.82) is 0 Å². The van der Waals surface area contributed by atoms with Gasteiger partial charge in [0, 0.05) is 41.9 Å². The minimum absolute atomic E-state index is 0.104. The first kappa shape index (κ1) is 20.6. The Morgan fingerprint density at radius 2 is 1.74 bits per heavy atom. The lowest BCUT2D eigenvalue weighted by molar-refractivity contribution is 0.211. The maximum Gasteiger partial charge on any atom is 0.230 e. The van der Waals surface area contributed by atoms with Crippen molar-refractivity contribution >= 4 is 45.2 Å². The van der Waals surface area contributed by atoms with Crippen LogP contribution in [0.5, 0.6) is 5.88 Å². The van der Waals surface area contributed by atoms with Gasteiger partial charge in [-0.3, -0.25) is 4.90 Å². The molecular weight excluding hydrogens is 453 g/mol. The number of aryl methyl sites for hydroxylation is 1. The highest BCUT2D eigenvalue weighted by atomic mass is 35.5. The summed E-state index contributed by atoms with van der Waals surface area (Å²) in [5.41, 5.74) is 2.21. The highest BCUT2D eigenvalue weighted by Gasteiger charge is 2.31. The van der Waals surface area contributed by atoms with Crippen molar-refractivity contribution in [3.63, 3.8) is 0 Å². The minimum atomic E-state index is -0.104. The Morgan fingerprint density at radius 3 is 2.42 bits per heavy atom. The third-order valence-electron chi connectivity index (χ3n) is 5.59. The third kappa shape index (κ3) is 3.99. The maximum absolute atomic E-state index is 11.0. The van der Waals surface area contributed by atoms with E-state index in [0.717, 1.165) is 47.3 Å². The van der Waals surface area contributed by atoms with Crippen LogP contribution >= 0.6 is 34.5 Å². The number of halogens is 2. The predicted molar refractivity (Wildman–Crippen MR) is 126 cm³/mol. The summed E-state index contributed by atoms with van der Waals surface area (Å²) >= 11 is 13.8. The van der Waals surface area contributed by atoms with E-state index < -0.39 is 0 Å². The Labute approximate surface area is 194 Å². The van der Waals surface area contributed by atoms with Crippen molar-refractivity contribution in [3.05, 3.63) is 74.8 Å². The lowest BCUT2D eigenvalue weighted by Gasteiger charge is -2.40. The third-order valence-corrected chi connectivity index (χ3v) is 7.15. The van der Waals surface area contributed by atoms with E-state index in [1.807, 2.05) is 49.4 Å². The molecule has 1 fully saturated rings. The Morgan fingerprint density at radius 1 is 1.00 bits per heavy atom. The number of anilines is 1. The smallest absolute Gasteiger partial charge is 0.230 e. The number of hydrogen-bond acceptors (Lipinski definition) is 6. The molecule has 1 N–H and O–H groups in total. The summed E-state index contributed by atoms with van der Waals surface area (Å²) in [6.07, 6.45) is 0. The molecule has 0 unspecified atom stereocenters. The monoisotopic (exact) mass is 473 g/mol. The molecule has 2 aromatic carbocycles. The van der Waals surface area contributed by atoms with Gasteiger partial charge in [0.1, 0.15) is 5.82 Å². The van der Waals surface area contributed by atoms with E-state index in [2.05, 4.69) is 25.9 Å². The van der Waals surface area contributed by atoms with Gasteiger partial charge >= 0.3 is 0 Å². The Balaban J connectivity index is 1.47. The Hall–Kier alpha value is -2.32. The standard InChI is InChI=1S/C22H21Cl2N5OS/c1-14-25-22-29(26-14)21(30)20(31-22)19(15-5-7-16(23)8-6-15)28-11-9-27(10-12-28)18-4-2-3-17(24)13-18/h2-8,13,19,30H,9-12H2,1H3/t19-/m0/s1. The van der Waals surface area contributed by atoms with Gasteiger partial charge in [-0.2, -0.15) is 4.52 Å². The summed E-state index contributed by atoms with van der Waals surface area (Å²) in [6.45, 7) is 5.23. The van der Waals surface area contributed by atoms with Crippen LogP contribution in [0.4, 0.5) is 5.69 Å². The van der Waals surface area contributed by atoms with Crippen molar-refractivity contribution in [2.24, 2.45) is 0 Å². The zero-order chi connectivity index (χ0) is 21.5. The van der Waals surface area contributed by atoms with E-state index in [9.17, 15) is 5.11 Å². The molecule has 9 heteroatoms. The minimum Gasteiger partial charge on any atom is -0.492 e. The molecule has 1 aliphatic heterocycles. The summed E-state index contributed by atoms with van der Waals surface area (Å²) in [7, 11) is 0. The number of benzene rings is 2. The first-order valence-electron chi connectivity index (χ1n) is 10.0. The van der Waals surface area contributed by atoms with E-state index in [4.69, 9.17) is 23.2 Å². The van der Waals surface area contributed by atoms with Crippen LogP contribution in [0.25, 0.3) is 4.96 Å². The maximum atomic E-state index is 11.0. The molecule has 0 amide bonds. The molecule has 0 aliphatic carbocycles. The molecule has 3 heterocycles. The fourth-order valence-corrected chi connectivity index (χ4v) is 5.58. The van der Waals surface area contributed by atoms with Crippen molar-refractivity contribution in [2.45, 2.75) is 13.0 Å². The topological polar surface area (TPSA) is 56.9 Å². The van der Waals surface area contributed by atoms with E-state index in [1.165, 1.54) is 15.9 Å². The summed E-state index contributed by atoms with van der Waals surface area (Å²) in [5, 5.41) is 16.7. The highest BCUT2D eigenvalue weighted by Crippen LogP contribution is 2.40. The van der Waals surface area contributed by atoms with Gasteiger partial charge in [0.2, 0.25) is 10.8 Å². The number of thiazole rings is 1. The molecule has 1 aliphatic rings. The van der Waals surface area contributed by atoms with Crippen LogP contribution in [-0.2, 0) is 0 Å². The number of aromatic nitrogens is 3. The number of piperazine rings is 1. The second-order valence-corrected chi connectivity index (χ2v) is 9.48. The highest BCUT2D eigenvalue weighted by molar-refractivity contribution is 7.17. The molecule has 6 nitrogen and oxygen atoms in total. The number of aromatic hydroxyl groups is 1. The van der Waals surface area contributed by atoms with Crippen molar-refractivity contribution in [3.8, 4) is 5.88 Å². The summed E-state index contributed by atoms with van der Waals surface area (Å²) in [5.74, 6) is 0.795. The molecule has 0 saturated carbocycles. The summed E-state index contributed by atoms with van der Waals surface area (Å²) in [4.78, 5) is 10.7. The van der Waals surface area contributed by atoms with E-state index in [-0.39, 0.29) is 11.9 Å². The molecule has 4 aromatic rings. The Bertz CT molecular complexity index is 1210. The molecule has 2 aromatic heterocycles. The van der Waals surface area contributed by atoms with Crippen molar-refractivity contribution < 1.29 is 5.11 Å². The van der Waals surface area contributed by atoms with Gasteiger partial charge in [-0.1, -0.05) is 52.7 Å². The molecule has 31 heavy (non-hydrogen) atoms. The molecule has 1 saturated heterocycles. The lowest BCUT2D eigenvalue weighted by atomic mass is 10.0. The van der Waals surface area contributed by atoms with Gasteiger partial charge in [0.15, 0.2) is 0 Å². The van der Waals surface area contributed by atoms with Gasteiger partial charge in [-0.15, -0.1) is 5.10 Å². The second-order valence-electron chi connectivity index (χ2n) is 7.60. The first-order valence-corrected chi connectivity index (χ1v) is 11.6. The second kappa shape index (κ2) is 8.31. The van der Waals surface area contributed by atoms with Crippen LogP contribution in [-0.4, -0.2) is 50.8 Å². The largest absolute Gasteiger partial charge is 0.492 e. The van der Waals surface area contributed by atoms with Crippen LogP contribution in [0.3, 0.4) is 0 Å². The average Bonchev–Trinajstić information content (AvgIpc) is 3.27. The van der Waals surface area contributed by atoms with Gasteiger partial charge < -0.3 is 10.0 Å². The molecule has 5 rings (SSSR count). The number of fused-ring (bicyclic) bond motifs is 1. The summed E-state index contributed by atoms with van der Waals surface area (Å²) < 4.78 is 1.53. The molecular formula is C22H21Cl2N5OS. The molecule has 160 valence electrons. The zero-order valence-corrected chi connectivity index (χ0v) is 19.2. The number of hydrogen-bond donors (Lipinski definition) is 1. The normalized spacial score (nSPS) is 16.2. The molecule has 0 bridgehead atoms. The van der Waals surface area contributed by atoms with E-state index in [0.29, 0.717) is 15.8 Å². The number of nitrogens with zero attached hydrogens (tertiary/aromatic N) is 5. The zero-order valence-electron chi connectivity index (χ0n) is 16.9. The van der Waals surface area contributed by atoms with Crippen molar-refractivity contribution in [2.75, 3.05) is 31.1 Å². The van der Waals surface area contributed by atoms with E-state index >= 15 is 0 Å². The van der Waals surface area contributed by atoms with Crippen LogP contribution in [0.15, 0.2) is 48.5 Å². The fourth-order valence-electron chi connectivity index (χ4n) is 4.11. The van der Waals surface area contributed by atoms with Crippen molar-refractivity contribution in [1.82, 2.24) is 19.5 Å². The molecule has 1 atom stereocenters. The lowest BCUT2D eigenvalue weighted by Crippen LogP contribution is -2.47. The van der Waals surface area contributed by atoms with Crippen LogP contribution in [0.1, 0.15) is 22.3 Å². The van der Waals surface area contributed by atoms with Crippen LogP contribution in [0, 0.1) is 6.92 Å². The molecule has 0 radical (unpaired) electrons. The predicted octanol–water partition coefficient (Wildman–Crippen LogP) is 5.02. The Kier molecular flexibility index (Phi) is 5.52. The average molecular weight is 474 g/mol. The van der Waals surface area contributed by atoms with Gasteiger partial charge in [0.05, 0.1) is 10.9 Å². The van der Waals surface area contributed by atoms with Gasteiger partial charge in [0.25, 0.3) is 0 Å².